The number of fused-ring (bicyclic) bond motifs is 9. The minimum Gasteiger partial charge on any atom is -0.309 e. The van der Waals surface area contributed by atoms with Gasteiger partial charge in [0.1, 0.15) is 5.82 Å². The molecule has 0 aliphatic heterocycles. The number of hydrogen-bond donors (Lipinski definition) is 0. The SMILES string of the molecule is c1ccc(-c2nc3cccc(-c4ccc(-n5c6ccccc6c6cc7c8c9ccccc9ccc8n(-c8ccccc8)c7cc65)nc4)c3nc2-c2ccccc2)cc1. The van der Waals surface area contributed by atoms with Crippen molar-refractivity contribution in [3.8, 4) is 45.1 Å². The number of para-hydroxylation sites is 3. The molecule has 0 N–H and O–H groups in total. The molecule has 0 saturated heterocycles. The molecule has 0 unspecified atom stereocenters. The van der Waals surface area contributed by atoms with Crippen LogP contribution in [0, 0.1) is 0 Å². The second-order valence-corrected chi connectivity index (χ2v) is 14.8. The fourth-order valence-electron chi connectivity index (χ4n) is 8.93. The molecule has 58 heavy (non-hydrogen) atoms. The van der Waals surface area contributed by atoms with Crippen LogP contribution in [-0.2, 0) is 0 Å². The average Bonchev–Trinajstić information content (AvgIpc) is 3.80. The largest absolute Gasteiger partial charge is 0.309 e. The molecule has 0 amide bonds. The maximum Gasteiger partial charge on any atom is 0.137 e. The Labute approximate surface area is 333 Å². The van der Waals surface area contributed by atoms with Gasteiger partial charge in [-0.05, 0) is 65.4 Å². The van der Waals surface area contributed by atoms with Gasteiger partial charge in [-0.2, -0.15) is 0 Å². The molecule has 0 bridgehead atoms. The summed E-state index contributed by atoms with van der Waals surface area (Å²) in [6.07, 6.45) is 1.98. The fourth-order valence-corrected chi connectivity index (χ4v) is 8.93. The van der Waals surface area contributed by atoms with Crippen LogP contribution in [0.25, 0.3) is 111 Å². The van der Waals surface area contributed by atoms with Gasteiger partial charge < -0.3 is 4.57 Å². The molecule has 12 aromatic rings. The van der Waals surface area contributed by atoms with Gasteiger partial charge in [0, 0.05) is 55.7 Å². The van der Waals surface area contributed by atoms with Gasteiger partial charge in [0.2, 0.25) is 0 Å². The van der Waals surface area contributed by atoms with Crippen LogP contribution in [0.5, 0.6) is 0 Å². The van der Waals surface area contributed by atoms with E-state index in [-0.39, 0.29) is 0 Å². The summed E-state index contributed by atoms with van der Waals surface area (Å²) in [5.41, 5.74) is 13.1. The molecule has 0 aliphatic rings. The lowest BCUT2D eigenvalue weighted by Crippen LogP contribution is -1.99. The Bertz CT molecular complexity index is 3530. The van der Waals surface area contributed by atoms with Crippen molar-refractivity contribution in [2.75, 3.05) is 0 Å². The highest BCUT2D eigenvalue weighted by Crippen LogP contribution is 2.42. The standard InChI is InChI=1S/C53H33N5/c1-4-16-35(17-5-1)51-52(36-18-6-2-7-19-36)56-53-40(24-14-25-44(53)55-51)37-28-30-49(54-33-37)58-45-26-13-12-23-41(45)42-31-43-48(32-47(42)58)57(38-20-8-3-9-21-38)46-29-27-34-15-10-11-22-39(34)50(43)46/h1-33H. The van der Waals surface area contributed by atoms with Crippen molar-refractivity contribution >= 4 is 65.4 Å². The van der Waals surface area contributed by atoms with E-state index in [1.807, 2.05) is 48.7 Å². The molecular weight excluding hydrogens is 707 g/mol. The molecule has 8 aromatic carbocycles. The zero-order valence-corrected chi connectivity index (χ0v) is 31.3. The van der Waals surface area contributed by atoms with Gasteiger partial charge in [-0.15, -0.1) is 0 Å². The maximum absolute atomic E-state index is 5.35. The Kier molecular flexibility index (Phi) is 7.16. The molecule has 4 heterocycles. The van der Waals surface area contributed by atoms with E-state index in [0.717, 1.165) is 72.7 Å². The van der Waals surface area contributed by atoms with Crippen molar-refractivity contribution in [3.63, 3.8) is 0 Å². The van der Waals surface area contributed by atoms with Crippen molar-refractivity contribution in [2.45, 2.75) is 0 Å². The van der Waals surface area contributed by atoms with Gasteiger partial charge in [-0.1, -0.05) is 140 Å². The van der Waals surface area contributed by atoms with E-state index in [2.05, 4.69) is 161 Å². The third kappa shape index (κ3) is 4.93. The fraction of sp³-hybridized carbons (Fsp3) is 0. The molecule has 4 aromatic heterocycles. The minimum absolute atomic E-state index is 0.841. The molecule has 0 atom stereocenters. The first-order chi connectivity index (χ1) is 28.8. The van der Waals surface area contributed by atoms with Gasteiger partial charge in [0.25, 0.3) is 0 Å². The van der Waals surface area contributed by atoms with Crippen molar-refractivity contribution in [1.29, 1.82) is 0 Å². The van der Waals surface area contributed by atoms with Gasteiger partial charge in [0.05, 0.1) is 44.5 Å². The molecule has 5 heteroatoms. The van der Waals surface area contributed by atoms with E-state index in [1.165, 1.54) is 37.8 Å². The van der Waals surface area contributed by atoms with E-state index >= 15 is 0 Å². The van der Waals surface area contributed by atoms with Crippen molar-refractivity contribution < 1.29 is 0 Å². The number of benzene rings is 8. The van der Waals surface area contributed by atoms with Crippen LogP contribution < -0.4 is 0 Å². The Hall–Kier alpha value is -7.89. The number of hydrogen-bond acceptors (Lipinski definition) is 3. The van der Waals surface area contributed by atoms with E-state index < -0.39 is 0 Å². The monoisotopic (exact) mass is 739 g/mol. The molecule has 270 valence electrons. The van der Waals surface area contributed by atoms with E-state index in [4.69, 9.17) is 15.0 Å². The second kappa shape index (κ2) is 12.8. The molecule has 0 spiro atoms. The lowest BCUT2D eigenvalue weighted by Gasteiger charge is -2.13. The first kappa shape index (κ1) is 32.4. The van der Waals surface area contributed by atoms with Crippen LogP contribution in [0.4, 0.5) is 0 Å². The predicted octanol–water partition coefficient (Wildman–Crippen LogP) is 13.4. The van der Waals surface area contributed by atoms with Crippen LogP contribution in [-0.4, -0.2) is 24.1 Å². The summed E-state index contributed by atoms with van der Waals surface area (Å²) < 4.78 is 4.71. The third-order valence-corrected chi connectivity index (χ3v) is 11.5. The van der Waals surface area contributed by atoms with Gasteiger partial charge >= 0.3 is 0 Å². The third-order valence-electron chi connectivity index (χ3n) is 11.5. The highest BCUT2D eigenvalue weighted by molar-refractivity contribution is 6.25. The Morgan fingerprint density at radius 1 is 0.379 bits per heavy atom. The lowest BCUT2D eigenvalue weighted by molar-refractivity contribution is 1.08. The molecular formula is C53H33N5. The summed E-state index contributed by atoms with van der Waals surface area (Å²) in [5.74, 6) is 0.852. The summed E-state index contributed by atoms with van der Waals surface area (Å²) in [6, 6.07) is 68.5. The highest BCUT2D eigenvalue weighted by atomic mass is 15.1. The summed E-state index contributed by atoms with van der Waals surface area (Å²) in [6.45, 7) is 0. The Morgan fingerprint density at radius 2 is 1.05 bits per heavy atom. The van der Waals surface area contributed by atoms with Gasteiger partial charge in [-0.3, -0.25) is 4.57 Å². The summed E-state index contributed by atoms with van der Waals surface area (Å²) >= 11 is 0. The summed E-state index contributed by atoms with van der Waals surface area (Å²) in [4.78, 5) is 15.8. The van der Waals surface area contributed by atoms with Gasteiger partial charge in [-0.25, -0.2) is 15.0 Å². The normalized spacial score (nSPS) is 11.8. The summed E-state index contributed by atoms with van der Waals surface area (Å²) in [5, 5.41) is 7.38. The van der Waals surface area contributed by atoms with Crippen LogP contribution in [0.1, 0.15) is 0 Å². The molecule has 12 rings (SSSR count). The second-order valence-electron chi connectivity index (χ2n) is 14.8. The maximum atomic E-state index is 5.35. The molecule has 0 saturated carbocycles. The molecule has 0 fully saturated rings. The zero-order chi connectivity index (χ0) is 38.2. The predicted molar refractivity (Wildman–Crippen MR) is 240 cm³/mol. The molecule has 0 aliphatic carbocycles. The Balaban J connectivity index is 1.06. The topological polar surface area (TPSA) is 48.5 Å². The first-order valence-corrected chi connectivity index (χ1v) is 19.6. The number of rotatable bonds is 5. The molecule has 0 radical (unpaired) electrons. The average molecular weight is 740 g/mol. The Morgan fingerprint density at radius 3 is 1.81 bits per heavy atom. The first-order valence-electron chi connectivity index (χ1n) is 19.6. The van der Waals surface area contributed by atoms with E-state index in [9.17, 15) is 0 Å². The summed E-state index contributed by atoms with van der Waals surface area (Å²) in [7, 11) is 0. The van der Waals surface area contributed by atoms with E-state index in [0.29, 0.717) is 0 Å². The van der Waals surface area contributed by atoms with Crippen LogP contribution in [0.3, 0.4) is 0 Å². The minimum atomic E-state index is 0.841. The molecule has 5 nitrogen and oxygen atoms in total. The number of pyridine rings is 1. The van der Waals surface area contributed by atoms with E-state index in [1.54, 1.807) is 0 Å². The van der Waals surface area contributed by atoms with Crippen molar-refractivity contribution in [1.82, 2.24) is 24.1 Å². The smallest absolute Gasteiger partial charge is 0.137 e. The number of nitrogens with zero attached hydrogens (tertiary/aromatic N) is 5. The highest BCUT2D eigenvalue weighted by Gasteiger charge is 2.21. The van der Waals surface area contributed by atoms with Crippen LogP contribution in [0.2, 0.25) is 0 Å². The van der Waals surface area contributed by atoms with Crippen molar-refractivity contribution in [3.05, 3.63) is 200 Å². The van der Waals surface area contributed by atoms with Crippen LogP contribution in [0.15, 0.2) is 200 Å². The lowest BCUT2D eigenvalue weighted by atomic mass is 10.0. The van der Waals surface area contributed by atoms with Crippen LogP contribution >= 0.6 is 0 Å². The zero-order valence-electron chi connectivity index (χ0n) is 31.3. The van der Waals surface area contributed by atoms with Gasteiger partial charge in [0.15, 0.2) is 0 Å². The quantitative estimate of drug-likeness (QED) is 0.177. The number of aromatic nitrogens is 5. The van der Waals surface area contributed by atoms with Crippen molar-refractivity contribution in [2.24, 2.45) is 0 Å².